The van der Waals surface area contributed by atoms with Crippen LogP contribution in [0, 0.1) is 12.4 Å². The molecule has 0 spiro atoms. The van der Waals surface area contributed by atoms with Crippen LogP contribution >= 0.6 is 0 Å². The zero-order chi connectivity index (χ0) is 2.00. The summed E-state index contributed by atoms with van der Waals surface area (Å²) < 4.78 is 0. The molecule has 0 rings (SSSR count). The van der Waals surface area contributed by atoms with Gasteiger partial charge in [-0.25, -0.2) is 0 Å². The lowest BCUT2D eigenvalue weighted by Gasteiger charge is -1.25. The minimum Gasteiger partial charge on any atom is -1.00 e. The van der Waals surface area contributed by atoms with Crippen molar-refractivity contribution in [1.82, 2.24) is 0 Å². The molecule has 2 nitrogen and oxygen atoms in total. The molecule has 0 unspecified atom stereocenters. The maximum Gasteiger partial charge on any atom is 0.0903 e. The summed E-state index contributed by atoms with van der Waals surface area (Å²) >= 11 is 0. The first-order valence-corrected chi connectivity index (χ1v) is 0.200. The maximum atomic E-state index is 6.00. The van der Waals surface area contributed by atoms with E-state index in [2.05, 4.69) is 0 Å². The summed E-state index contributed by atoms with van der Waals surface area (Å²) in [6.07, 6.45) is 0. The Labute approximate surface area is 36.2 Å². The van der Waals surface area contributed by atoms with E-state index >= 15 is 0 Å². The van der Waals surface area contributed by atoms with Gasteiger partial charge in [-0.1, -0.05) is 0 Å². The summed E-state index contributed by atoms with van der Waals surface area (Å²) in [6, 6.07) is 0. The Morgan fingerprint density at radius 1 is 1.00 bits per heavy atom. The van der Waals surface area contributed by atoms with Crippen molar-refractivity contribution >= 4 is 0 Å². The molecular formula is H4Cl2O2. The van der Waals surface area contributed by atoms with E-state index in [-0.39, 0.29) is 24.8 Å². The quantitative estimate of drug-likeness (QED) is 0.249. The Morgan fingerprint density at radius 2 is 1.00 bits per heavy atom. The predicted molar refractivity (Wildman–Crippen MR) is 8.05 cm³/mol. The molecule has 4 heteroatoms. The Balaban J connectivity index is -0.00000000500. The van der Waals surface area contributed by atoms with Crippen molar-refractivity contribution in [2.24, 2.45) is 0 Å². The van der Waals surface area contributed by atoms with Gasteiger partial charge < -0.3 is 12.4 Å². The molecule has 0 bridgehead atoms. The first-order valence-electron chi connectivity index (χ1n) is 0.200. The minimum absolute atomic E-state index is 0. The van der Waals surface area contributed by atoms with Gasteiger partial charge in [-0.15, -0.1) is 0 Å². The van der Waals surface area contributed by atoms with E-state index in [0.29, 0.717) is 0 Å². The number of hydrogen-bond donors (Lipinski definition) is 2. The highest BCUT2D eigenvalue weighted by Crippen LogP contribution is 0.711. The fraction of sp³-hybridized carbons (Fsp3) is 0. The normalized spacial score (nSPS) is 1.50. The van der Waals surface area contributed by atoms with Crippen molar-refractivity contribution in [2.45, 2.75) is 0 Å². The molecule has 0 aliphatic carbocycles. The van der Waals surface area contributed by atoms with Crippen molar-refractivity contribution in [2.75, 3.05) is 0 Å². The van der Waals surface area contributed by atoms with E-state index in [9.17, 15) is 0 Å². The van der Waals surface area contributed by atoms with Crippen LogP contribution in [0.4, 0.5) is 0 Å². The van der Waals surface area contributed by atoms with Gasteiger partial charge in [0.15, 0.2) is 0 Å². The topological polar surface area (TPSA) is 40.5 Å². The van der Waals surface area contributed by atoms with Gasteiger partial charge in [0.1, 0.15) is 0 Å². The molecule has 0 aromatic carbocycles. The van der Waals surface area contributed by atoms with Crippen LogP contribution in [0.1, 0.15) is 0 Å². The second-order valence-electron chi connectivity index (χ2n) is 0. The zero-order valence-electron chi connectivity index (χ0n) is 1.72. The third kappa shape index (κ3) is 22.5. The molecule has 0 aromatic rings. The molecule has 2 N–H and O–H groups in total. The minimum atomic E-state index is 0. The van der Waals surface area contributed by atoms with Crippen LogP contribution < -0.4 is 12.4 Å². The van der Waals surface area contributed by atoms with Crippen LogP contribution in [-0.4, -0.2) is 10.5 Å². The first-order chi connectivity index (χ1) is 1.00. The highest BCUT2D eigenvalue weighted by molar-refractivity contribution is 1.82. The van der Waals surface area contributed by atoms with Crippen molar-refractivity contribution < 1.29 is 35.3 Å². The van der Waals surface area contributed by atoms with Crippen LogP contribution in [-0.2, 0) is 0 Å². The van der Waals surface area contributed by atoms with Crippen molar-refractivity contribution in [3.05, 3.63) is 0 Å². The monoisotopic (exact) mass is 106 g/mol. The number of rotatable bonds is 0. The molecule has 0 atom stereocenters. The molecule has 0 saturated heterocycles. The molecule has 0 fully saturated rings. The molecule has 0 aromatic heterocycles. The Morgan fingerprint density at radius 3 is 1.00 bits per heavy atom. The van der Waals surface area contributed by atoms with Gasteiger partial charge in [0.05, 0.1) is 12.4 Å². The third-order valence-corrected chi connectivity index (χ3v) is 0. The summed E-state index contributed by atoms with van der Waals surface area (Å²) in [5.41, 5.74) is 0. The second kappa shape index (κ2) is 87.5. The maximum absolute atomic E-state index is 6.00. The van der Waals surface area contributed by atoms with Gasteiger partial charge in [-0.2, -0.15) is 0 Å². The molecule has 0 amide bonds. The van der Waals surface area contributed by atoms with Crippen LogP contribution in [0.25, 0.3) is 0 Å². The standard InChI is InChI=1S/ClH2.ClH.H2O2/c;;1-2/h1H2;1H;1-2H/q+1;;/p-1. The highest BCUT2D eigenvalue weighted by atomic mass is 35.5. The van der Waals surface area contributed by atoms with E-state index in [0.717, 1.165) is 0 Å². The van der Waals surface area contributed by atoms with Gasteiger partial charge in [0, 0.05) is 0 Å². The summed E-state index contributed by atoms with van der Waals surface area (Å²) in [7, 11) is 0. The smallest absolute Gasteiger partial charge is 0.0903 e. The number of hydrogen-bond acceptors (Lipinski definition) is 2. The molecule has 0 aliphatic rings. The van der Waals surface area contributed by atoms with Crippen LogP contribution in [0.3, 0.4) is 0 Å². The summed E-state index contributed by atoms with van der Waals surface area (Å²) in [4.78, 5) is 0. The fourth-order valence-electron chi connectivity index (χ4n) is 0. The zero-order valence-corrected chi connectivity index (χ0v) is 3.37. The third-order valence-electron chi connectivity index (χ3n) is 0. The van der Waals surface area contributed by atoms with Gasteiger partial charge >= 0.3 is 0 Å². The fourth-order valence-corrected chi connectivity index (χ4v) is 0. The Bertz CT molecular complexity index is 4.00. The van der Waals surface area contributed by atoms with Gasteiger partial charge in [-0.05, 0) is 0 Å². The lowest BCUT2D eigenvalue weighted by atomic mass is 15.0. The molecule has 0 saturated carbocycles. The van der Waals surface area contributed by atoms with Crippen molar-refractivity contribution in [3.63, 3.8) is 0 Å². The van der Waals surface area contributed by atoms with E-state index in [1.807, 2.05) is 0 Å². The molecule has 0 heterocycles. The molecule has 0 aliphatic heterocycles. The van der Waals surface area contributed by atoms with Crippen molar-refractivity contribution in [1.29, 1.82) is 0 Å². The lowest BCUT2D eigenvalue weighted by Crippen LogP contribution is -3.00. The summed E-state index contributed by atoms with van der Waals surface area (Å²) in [6.45, 7) is 0. The second-order valence-corrected chi connectivity index (χ2v) is 0. The first kappa shape index (κ1) is 24.5. The van der Waals surface area contributed by atoms with Crippen molar-refractivity contribution in [3.8, 4) is 0 Å². The number of halogens is 2. The van der Waals surface area contributed by atoms with Gasteiger partial charge in [0.2, 0.25) is 0 Å². The average molecular weight is 107 g/mol. The predicted octanol–water partition coefficient (Wildman–Crippen LogP) is -3.51. The Hall–Kier alpha value is 0.500. The average Bonchev–Trinajstić information content (AvgIpc) is 1.00. The summed E-state index contributed by atoms with van der Waals surface area (Å²) in [5, 5.41) is 12.0. The molecular weight excluding hydrogens is 103 g/mol. The Kier molecular flexibility index (Phi) is 536. The van der Waals surface area contributed by atoms with Gasteiger partial charge in [0.25, 0.3) is 0 Å². The van der Waals surface area contributed by atoms with Crippen LogP contribution in [0.2, 0.25) is 0 Å². The van der Waals surface area contributed by atoms with E-state index in [4.69, 9.17) is 10.5 Å². The van der Waals surface area contributed by atoms with E-state index in [1.54, 1.807) is 0 Å². The largest absolute Gasteiger partial charge is 1.00 e. The van der Waals surface area contributed by atoms with E-state index < -0.39 is 0 Å². The SMILES string of the molecule is OO.[Cl-].[ClH2+]. The summed E-state index contributed by atoms with van der Waals surface area (Å²) in [5.74, 6) is 0. The molecule has 30 valence electrons. The molecule has 0 radical (unpaired) electrons. The van der Waals surface area contributed by atoms with Gasteiger partial charge in [-0.3, -0.25) is 10.5 Å². The van der Waals surface area contributed by atoms with E-state index in [1.165, 1.54) is 0 Å². The lowest BCUT2D eigenvalue weighted by molar-refractivity contribution is -0.176. The molecule has 4 heavy (non-hydrogen) atoms. The highest BCUT2D eigenvalue weighted by Gasteiger charge is 0.745. The van der Waals surface area contributed by atoms with Crippen LogP contribution in [0.15, 0.2) is 0 Å². The van der Waals surface area contributed by atoms with Crippen LogP contribution in [0.5, 0.6) is 0 Å².